The molecule has 0 fully saturated rings. The van der Waals surface area contributed by atoms with Crippen molar-refractivity contribution in [1.82, 2.24) is 15.0 Å². The van der Waals surface area contributed by atoms with Crippen LogP contribution in [0.2, 0.25) is 0 Å². The molecule has 0 aliphatic carbocycles. The van der Waals surface area contributed by atoms with Crippen molar-refractivity contribution in [3.63, 3.8) is 0 Å². The van der Waals surface area contributed by atoms with Gasteiger partial charge in [0.15, 0.2) is 0 Å². The van der Waals surface area contributed by atoms with Gasteiger partial charge in [0.1, 0.15) is 5.75 Å². The van der Waals surface area contributed by atoms with Crippen molar-refractivity contribution in [1.29, 1.82) is 0 Å². The lowest BCUT2D eigenvalue weighted by molar-refractivity contribution is -0.0498. The standard InChI is InChI=1S/C12H14F2N6O/c1-20(2)12-18-10(15)17-11(19-12)16-7-3-5-8(6-4-7)21-9(13)14/h3-6,9H,1-2H3,(H3,15,16,17,18,19). The van der Waals surface area contributed by atoms with E-state index in [1.807, 2.05) is 0 Å². The first-order chi connectivity index (χ1) is 9.94. The SMILES string of the molecule is CN(C)c1nc(N)nc(Nc2ccc(OC(F)F)cc2)n1. The van der Waals surface area contributed by atoms with Gasteiger partial charge in [-0.3, -0.25) is 0 Å². The van der Waals surface area contributed by atoms with E-state index in [-0.39, 0.29) is 17.6 Å². The van der Waals surface area contributed by atoms with Crippen LogP contribution in [0.5, 0.6) is 5.75 Å². The third kappa shape index (κ3) is 4.13. The average molecular weight is 296 g/mol. The molecule has 0 radical (unpaired) electrons. The van der Waals surface area contributed by atoms with E-state index < -0.39 is 6.61 Å². The average Bonchev–Trinajstić information content (AvgIpc) is 2.39. The van der Waals surface area contributed by atoms with Gasteiger partial charge in [-0.2, -0.15) is 23.7 Å². The number of nitrogens with two attached hydrogens (primary N) is 1. The number of alkyl halides is 2. The summed E-state index contributed by atoms with van der Waals surface area (Å²) in [5.41, 5.74) is 6.20. The first-order valence-corrected chi connectivity index (χ1v) is 5.95. The fourth-order valence-electron chi connectivity index (χ4n) is 1.49. The molecule has 3 N–H and O–H groups in total. The Labute approximate surface area is 119 Å². The number of benzene rings is 1. The maximum atomic E-state index is 12.0. The Morgan fingerprint density at radius 3 is 2.38 bits per heavy atom. The lowest BCUT2D eigenvalue weighted by Gasteiger charge is -2.12. The van der Waals surface area contributed by atoms with Crippen molar-refractivity contribution in [2.45, 2.75) is 6.61 Å². The molecule has 1 aromatic carbocycles. The van der Waals surface area contributed by atoms with Gasteiger partial charge in [-0.1, -0.05) is 0 Å². The molecular weight excluding hydrogens is 282 g/mol. The molecule has 2 rings (SSSR count). The first-order valence-electron chi connectivity index (χ1n) is 5.95. The van der Waals surface area contributed by atoms with Crippen LogP contribution in [0, 0.1) is 0 Å². The van der Waals surface area contributed by atoms with Crippen LogP contribution in [-0.2, 0) is 0 Å². The Hall–Kier alpha value is -2.71. The minimum absolute atomic E-state index is 0.0692. The summed E-state index contributed by atoms with van der Waals surface area (Å²) < 4.78 is 28.4. The highest BCUT2D eigenvalue weighted by atomic mass is 19.3. The molecule has 0 saturated heterocycles. The van der Waals surface area contributed by atoms with Gasteiger partial charge < -0.3 is 20.7 Å². The minimum Gasteiger partial charge on any atom is -0.435 e. The number of ether oxygens (including phenoxy) is 1. The molecule has 9 heteroatoms. The predicted octanol–water partition coefficient (Wildman–Crippen LogP) is 1.86. The molecule has 7 nitrogen and oxygen atoms in total. The van der Waals surface area contributed by atoms with Gasteiger partial charge in [-0.15, -0.1) is 0 Å². The molecule has 1 heterocycles. The van der Waals surface area contributed by atoms with E-state index in [9.17, 15) is 8.78 Å². The second kappa shape index (κ2) is 6.16. The number of nitrogens with zero attached hydrogens (tertiary/aromatic N) is 4. The molecule has 0 aliphatic heterocycles. The Balaban J connectivity index is 2.14. The Bertz CT molecular complexity index is 605. The van der Waals surface area contributed by atoms with Crippen LogP contribution in [-0.4, -0.2) is 35.7 Å². The molecule has 0 spiro atoms. The van der Waals surface area contributed by atoms with E-state index in [4.69, 9.17) is 5.73 Å². The Kier molecular flexibility index (Phi) is 4.31. The van der Waals surface area contributed by atoms with E-state index in [1.54, 1.807) is 31.1 Å². The van der Waals surface area contributed by atoms with Crippen LogP contribution >= 0.6 is 0 Å². The zero-order valence-electron chi connectivity index (χ0n) is 11.4. The van der Waals surface area contributed by atoms with E-state index in [0.717, 1.165) is 0 Å². The summed E-state index contributed by atoms with van der Waals surface area (Å²) in [5, 5.41) is 2.91. The maximum absolute atomic E-state index is 12.0. The smallest absolute Gasteiger partial charge is 0.387 e. The van der Waals surface area contributed by atoms with Crippen molar-refractivity contribution >= 4 is 23.5 Å². The number of aromatic nitrogens is 3. The molecule has 0 unspecified atom stereocenters. The van der Waals surface area contributed by atoms with Gasteiger partial charge in [0.25, 0.3) is 0 Å². The normalized spacial score (nSPS) is 10.5. The summed E-state index contributed by atoms with van der Waals surface area (Å²) in [6, 6.07) is 5.94. The molecule has 21 heavy (non-hydrogen) atoms. The molecular formula is C12H14F2N6O. The summed E-state index contributed by atoms with van der Waals surface area (Å²) in [6.07, 6.45) is 0. The third-order valence-electron chi connectivity index (χ3n) is 2.38. The largest absolute Gasteiger partial charge is 0.435 e. The number of nitrogen functional groups attached to an aromatic ring is 1. The predicted molar refractivity (Wildman–Crippen MR) is 74.9 cm³/mol. The van der Waals surface area contributed by atoms with Crippen LogP contribution < -0.4 is 20.7 Å². The summed E-state index contributed by atoms with van der Waals surface area (Å²) in [4.78, 5) is 13.8. The highest BCUT2D eigenvalue weighted by Crippen LogP contribution is 2.20. The number of nitrogens with one attached hydrogen (secondary N) is 1. The van der Waals surface area contributed by atoms with Crippen LogP contribution in [0.3, 0.4) is 0 Å². The quantitative estimate of drug-likeness (QED) is 0.870. The van der Waals surface area contributed by atoms with Crippen molar-refractivity contribution in [2.75, 3.05) is 30.0 Å². The number of rotatable bonds is 5. The molecule has 0 amide bonds. The first kappa shape index (κ1) is 14.7. The van der Waals surface area contributed by atoms with Crippen LogP contribution in [0.15, 0.2) is 24.3 Å². The second-order valence-corrected chi connectivity index (χ2v) is 4.24. The summed E-state index contributed by atoms with van der Waals surface area (Å²) in [6.45, 7) is -2.85. The van der Waals surface area contributed by atoms with Crippen molar-refractivity contribution in [3.8, 4) is 5.75 Å². The van der Waals surface area contributed by atoms with Crippen molar-refractivity contribution < 1.29 is 13.5 Å². The topological polar surface area (TPSA) is 89.2 Å². The number of hydrogen-bond acceptors (Lipinski definition) is 7. The number of halogens is 2. The van der Waals surface area contributed by atoms with Gasteiger partial charge in [-0.05, 0) is 24.3 Å². The van der Waals surface area contributed by atoms with Crippen molar-refractivity contribution in [3.05, 3.63) is 24.3 Å². The molecule has 0 bridgehead atoms. The summed E-state index contributed by atoms with van der Waals surface area (Å²) in [5.74, 6) is 0.810. The Morgan fingerprint density at radius 1 is 1.14 bits per heavy atom. The van der Waals surface area contributed by atoms with Gasteiger partial charge >= 0.3 is 6.61 Å². The Morgan fingerprint density at radius 2 is 1.81 bits per heavy atom. The summed E-state index contributed by atoms with van der Waals surface area (Å²) >= 11 is 0. The van der Waals surface area contributed by atoms with E-state index in [0.29, 0.717) is 11.6 Å². The molecule has 0 saturated carbocycles. The maximum Gasteiger partial charge on any atom is 0.387 e. The summed E-state index contributed by atoms with van der Waals surface area (Å²) in [7, 11) is 3.55. The highest BCUT2D eigenvalue weighted by molar-refractivity contribution is 5.56. The van der Waals surface area contributed by atoms with Crippen molar-refractivity contribution in [2.24, 2.45) is 0 Å². The van der Waals surface area contributed by atoms with Gasteiger partial charge in [0, 0.05) is 19.8 Å². The van der Waals surface area contributed by atoms with Gasteiger partial charge in [0.2, 0.25) is 17.8 Å². The van der Waals surface area contributed by atoms with Gasteiger partial charge in [-0.25, -0.2) is 0 Å². The highest BCUT2D eigenvalue weighted by Gasteiger charge is 2.07. The van der Waals surface area contributed by atoms with E-state index in [1.165, 1.54) is 12.1 Å². The fourth-order valence-corrected chi connectivity index (χ4v) is 1.49. The zero-order chi connectivity index (χ0) is 15.4. The zero-order valence-corrected chi connectivity index (χ0v) is 11.4. The van der Waals surface area contributed by atoms with Crippen LogP contribution in [0.1, 0.15) is 0 Å². The van der Waals surface area contributed by atoms with Crippen LogP contribution in [0.4, 0.5) is 32.3 Å². The minimum atomic E-state index is -2.85. The third-order valence-corrected chi connectivity index (χ3v) is 2.38. The molecule has 1 aromatic heterocycles. The monoisotopic (exact) mass is 296 g/mol. The lowest BCUT2D eigenvalue weighted by atomic mass is 10.3. The second-order valence-electron chi connectivity index (χ2n) is 4.24. The van der Waals surface area contributed by atoms with Crippen LogP contribution in [0.25, 0.3) is 0 Å². The molecule has 0 atom stereocenters. The molecule has 0 aliphatic rings. The molecule has 112 valence electrons. The fraction of sp³-hybridized carbons (Fsp3) is 0.250. The number of hydrogen-bond donors (Lipinski definition) is 2. The lowest BCUT2D eigenvalue weighted by Crippen LogP contribution is -2.15. The van der Waals surface area contributed by atoms with E-state index in [2.05, 4.69) is 25.0 Å². The molecule has 2 aromatic rings. The number of anilines is 4. The van der Waals surface area contributed by atoms with Gasteiger partial charge in [0.05, 0.1) is 0 Å². The van der Waals surface area contributed by atoms with E-state index >= 15 is 0 Å².